The third kappa shape index (κ3) is 4.37. The van der Waals surface area contributed by atoms with E-state index in [-0.39, 0.29) is 0 Å². The molecule has 1 aromatic carbocycles. The number of hydrogen-bond donors (Lipinski definition) is 1. The van der Waals surface area contributed by atoms with Gasteiger partial charge in [-0.2, -0.15) is 4.98 Å². The van der Waals surface area contributed by atoms with Crippen molar-refractivity contribution in [3.8, 4) is 0 Å². The third-order valence-electron chi connectivity index (χ3n) is 4.26. The van der Waals surface area contributed by atoms with Gasteiger partial charge in [0.25, 0.3) is 0 Å². The van der Waals surface area contributed by atoms with Crippen LogP contribution in [0.2, 0.25) is 0 Å². The Labute approximate surface area is 136 Å². The van der Waals surface area contributed by atoms with Crippen molar-refractivity contribution < 1.29 is 9.63 Å². The summed E-state index contributed by atoms with van der Waals surface area (Å²) >= 11 is 0. The summed E-state index contributed by atoms with van der Waals surface area (Å²) in [7, 11) is 0. The van der Waals surface area contributed by atoms with Crippen LogP contribution in [0.15, 0.2) is 34.9 Å². The minimum Gasteiger partial charge on any atom is -0.387 e. The Morgan fingerprint density at radius 2 is 1.83 bits per heavy atom. The molecule has 0 saturated carbocycles. The molecule has 0 radical (unpaired) electrons. The molecule has 6 nitrogen and oxygen atoms in total. The van der Waals surface area contributed by atoms with Crippen LogP contribution >= 0.6 is 0 Å². The molecular formula is C17H24N4O2. The molecule has 1 aliphatic rings. The zero-order chi connectivity index (χ0) is 16.1. The number of hydrogen-bond acceptors (Lipinski definition) is 6. The maximum absolute atomic E-state index is 10.3. The highest BCUT2D eigenvalue weighted by Crippen LogP contribution is 2.15. The first-order valence-electron chi connectivity index (χ1n) is 8.23. The highest BCUT2D eigenvalue weighted by Gasteiger charge is 2.21. The van der Waals surface area contributed by atoms with Crippen LogP contribution in [0.4, 0.5) is 0 Å². The largest absolute Gasteiger partial charge is 0.387 e. The van der Waals surface area contributed by atoms with E-state index in [0.717, 1.165) is 50.5 Å². The molecule has 1 N–H and O–H groups in total. The fourth-order valence-electron chi connectivity index (χ4n) is 2.85. The molecule has 0 bridgehead atoms. The Kier molecular flexibility index (Phi) is 5.38. The van der Waals surface area contributed by atoms with Crippen molar-refractivity contribution in [1.29, 1.82) is 0 Å². The summed E-state index contributed by atoms with van der Waals surface area (Å²) in [6.45, 7) is 7.23. The molecule has 0 unspecified atom stereocenters. The fourth-order valence-corrected chi connectivity index (χ4v) is 2.85. The van der Waals surface area contributed by atoms with E-state index >= 15 is 0 Å². The summed E-state index contributed by atoms with van der Waals surface area (Å²) in [4.78, 5) is 8.99. The Morgan fingerprint density at radius 1 is 1.13 bits per heavy atom. The van der Waals surface area contributed by atoms with E-state index in [1.165, 1.54) is 0 Å². The number of aryl methyl sites for hydroxylation is 1. The molecule has 23 heavy (non-hydrogen) atoms. The number of nitrogens with zero attached hydrogens (tertiary/aromatic N) is 4. The maximum Gasteiger partial charge on any atom is 0.226 e. The summed E-state index contributed by atoms with van der Waals surface area (Å²) in [5.74, 6) is 1.46. The first-order valence-corrected chi connectivity index (χ1v) is 8.23. The van der Waals surface area contributed by atoms with E-state index in [0.29, 0.717) is 12.4 Å². The van der Waals surface area contributed by atoms with Gasteiger partial charge in [0.05, 0.1) is 12.6 Å². The lowest BCUT2D eigenvalue weighted by molar-refractivity contribution is 0.0690. The van der Waals surface area contributed by atoms with Gasteiger partial charge in [-0.15, -0.1) is 0 Å². The Balaban J connectivity index is 1.45. The molecule has 1 aliphatic heterocycles. The van der Waals surface area contributed by atoms with E-state index in [1.54, 1.807) is 0 Å². The van der Waals surface area contributed by atoms with Gasteiger partial charge in [-0.3, -0.25) is 9.80 Å². The van der Waals surface area contributed by atoms with Gasteiger partial charge in [-0.05, 0) is 5.56 Å². The molecule has 1 saturated heterocycles. The monoisotopic (exact) mass is 316 g/mol. The zero-order valence-electron chi connectivity index (χ0n) is 13.6. The predicted octanol–water partition coefficient (Wildman–Crippen LogP) is 1.48. The molecule has 0 amide bonds. The van der Waals surface area contributed by atoms with Crippen LogP contribution in [-0.2, 0) is 13.0 Å². The number of aliphatic hydroxyl groups excluding tert-OH is 1. The average Bonchev–Trinajstić information content (AvgIpc) is 3.05. The summed E-state index contributed by atoms with van der Waals surface area (Å²) in [5, 5.41) is 14.3. The molecule has 124 valence electrons. The highest BCUT2D eigenvalue weighted by molar-refractivity contribution is 5.17. The van der Waals surface area contributed by atoms with Crippen molar-refractivity contribution in [1.82, 2.24) is 19.9 Å². The van der Waals surface area contributed by atoms with Crippen molar-refractivity contribution in [2.24, 2.45) is 0 Å². The molecular weight excluding hydrogens is 292 g/mol. The minimum atomic E-state index is -0.424. The van der Waals surface area contributed by atoms with Crippen LogP contribution in [0.5, 0.6) is 0 Å². The van der Waals surface area contributed by atoms with Crippen molar-refractivity contribution in [3.05, 3.63) is 47.6 Å². The Morgan fingerprint density at radius 3 is 2.48 bits per heavy atom. The number of benzene rings is 1. The second-order valence-electron chi connectivity index (χ2n) is 5.96. The second-order valence-corrected chi connectivity index (χ2v) is 5.96. The van der Waals surface area contributed by atoms with Crippen LogP contribution in [0, 0.1) is 0 Å². The van der Waals surface area contributed by atoms with Gasteiger partial charge in [0, 0.05) is 39.1 Å². The number of β-amino-alcohol motifs (C(OH)–C–C–N with tert-alkyl or cyclic N) is 1. The quantitative estimate of drug-likeness (QED) is 0.871. The van der Waals surface area contributed by atoms with Crippen molar-refractivity contribution in [2.75, 3.05) is 32.7 Å². The number of aromatic nitrogens is 2. The molecule has 1 fully saturated rings. The molecule has 0 aliphatic carbocycles. The standard InChI is InChI=1S/C17H24N4O2/c1-2-17-18-16(19-23-17)13-21-10-8-20(9-11-21)12-15(22)14-6-4-3-5-7-14/h3-7,15,22H,2,8-13H2,1H3/t15-/m1/s1. The van der Waals surface area contributed by atoms with Crippen LogP contribution in [0.3, 0.4) is 0 Å². The SMILES string of the molecule is CCc1nc(CN2CCN(C[C@@H](O)c3ccccc3)CC2)no1. The van der Waals surface area contributed by atoms with Gasteiger partial charge in [0.2, 0.25) is 5.89 Å². The number of aliphatic hydroxyl groups is 1. The predicted molar refractivity (Wildman–Crippen MR) is 86.8 cm³/mol. The second kappa shape index (κ2) is 7.68. The number of piperazine rings is 1. The fraction of sp³-hybridized carbons (Fsp3) is 0.529. The van der Waals surface area contributed by atoms with Crippen molar-refractivity contribution in [2.45, 2.75) is 26.0 Å². The molecule has 2 heterocycles. The first-order chi connectivity index (χ1) is 11.2. The summed E-state index contributed by atoms with van der Waals surface area (Å²) in [6.07, 6.45) is 0.352. The van der Waals surface area contributed by atoms with Crippen molar-refractivity contribution in [3.63, 3.8) is 0 Å². The molecule has 6 heteroatoms. The highest BCUT2D eigenvalue weighted by atomic mass is 16.5. The van der Waals surface area contributed by atoms with E-state index in [9.17, 15) is 5.11 Å². The van der Waals surface area contributed by atoms with Gasteiger partial charge in [-0.1, -0.05) is 42.4 Å². The van der Waals surface area contributed by atoms with Crippen LogP contribution < -0.4 is 0 Å². The zero-order valence-corrected chi connectivity index (χ0v) is 13.6. The third-order valence-corrected chi connectivity index (χ3v) is 4.26. The van der Waals surface area contributed by atoms with Gasteiger partial charge >= 0.3 is 0 Å². The Bertz CT molecular complexity index is 594. The van der Waals surface area contributed by atoms with Crippen LogP contribution in [0.1, 0.15) is 30.3 Å². The van der Waals surface area contributed by atoms with Crippen LogP contribution in [0.25, 0.3) is 0 Å². The first kappa shape index (κ1) is 16.1. The van der Waals surface area contributed by atoms with Gasteiger partial charge in [-0.25, -0.2) is 0 Å². The maximum atomic E-state index is 10.3. The molecule has 0 spiro atoms. The van der Waals surface area contributed by atoms with Gasteiger partial charge in [0.15, 0.2) is 5.82 Å². The van der Waals surface area contributed by atoms with Gasteiger partial charge < -0.3 is 9.63 Å². The minimum absolute atomic E-state index is 0.424. The lowest BCUT2D eigenvalue weighted by atomic mass is 10.1. The normalized spacial score (nSPS) is 18.2. The summed E-state index contributed by atoms with van der Waals surface area (Å²) in [6, 6.07) is 9.85. The summed E-state index contributed by atoms with van der Waals surface area (Å²) < 4.78 is 5.15. The Hall–Kier alpha value is -1.76. The van der Waals surface area contributed by atoms with E-state index < -0.39 is 6.10 Å². The van der Waals surface area contributed by atoms with E-state index in [2.05, 4.69) is 19.9 Å². The smallest absolute Gasteiger partial charge is 0.226 e. The van der Waals surface area contributed by atoms with Gasteiger partial charge in [0.1, 0.15) is 0 Å². The summed E-state index contributed by atoms with van der Waals surface area (Å²) in [5.41, 5.74) is 0.980. The molecule has 1 atom stereocenters. The number of rotatable bonds is 6. The molecule has 3 rings (SSSR count). The van der Waals surface area contributed by atoms with Crippen LogP contribution in [-0.4, -0.2) is 57.8 Å². The topological polar surface area (TPSA) is 65.6 Å². The van der Waals surface area contributed by atoms with Crippen molar-refractivity contribution >= 4 is 0 Å². The average molecular weight is 316 g/mol. The molecule has 2 aromatic rings. The lowest BCUT2D eigenvalue weighted by Gasteiger charge is -2.35. The lowest BCUT2D eigenvalue weighted by Crippen LogP contribution is -2.47. The van der Waals surface area contributed by atoms with E-state index in [4.69, 9.17) is 4.52 Å². The molecule has 1 aromatic heterocycles. The van der Waals surface area contributed by atoms with E-state index in [1.807, 2.05) is 37.3 Å².